The Morgan fingerprint density at radius 3 is 2.65 bits per heavy atom. The van der Waals surface area contributed by atoms with Crippen molar-refractivity contribution in [1.29, 1.82) is 0 Å². The molecule has 92 valence electrons. The molecule has 0 spiro atoms. The van der Waals surface area contributed by atoms with Crippen LogP contribution >= 0.6 is 0 Å². The molecule has 1 saturated carbocycles. The molecule has 0 aliphatic heterocycles. The Hall–Kier alpha value is -1.31. The Morgan fingerprint density at radius 2 is 2.06 bits per heavy atom. The molecule has 1 aliphatic rings. The van der Waals surface area contributed by atoms with E-state index in [4.69, 9.17) is 0 Å². The van der Waals surface area contributed by atoms with Gasteiger partial charge in [-0.15, -0.1) is 0 Å². The van der Waals surface area contributed by atoms with Gasteiger partial charge in [-0.3, -0.25) is 4.79 Å². The zero-order valence-electron chi connectivity index (χ0n) is 10.6. The van der Waals surface area contributed by atoms with E-state index in [1.165, 1.54) is 5.69 Å². The monoisotopic (exact) mass is 231 g/mol. The Labute approximate surface area is 104 Å². The molecular formula is C15H21NO. The van der Waals surface area contributed by atoms with Gasteiger partial charge in [0.05, 0.1) is 0 Å². The van der Waals surface area contributed by atoms with Gasteiger partial charge in [0.25, 0.3) is 0 Å². The molecule has 0 radical (unpaired) electrons. The molecule has 0 N–H and O–H groups in total. The first-order chi connectivity index (χ1) is 8.31. The number of carbonyl (C=O) groups is 1. The van der Waals surface area contributed by atoms with Gasteiger partial charge in [-0.25, -0.2) is 0 Å². The number of anilines is 1. The first-order valence-corrected chi connectivity index (χ1v) is 6.64. The Morgan fingerprint density at radius 1 is 1.29 bits per heavy atom. The Balaban J connectivity index is 1.90. The van der Waals surface area contributed by atoms with Crippen molar-refractivity contribution in [2.24, 2.45) is 5.92 Å². The van der Waals surface area contributed by atoms with Crippen LogP contribution < -0.4 is 4.90 Å². The number of benzene rings is 1. The molecule has 1 aliphatic carbocycles. The average Bonchev–Trinajstić information content (AvgIpc) is 2.77. The van der Waals surface area contributed by atoms with Gasteiger partial charge in [-0.05, 0) is 38.3 Å². The summed E-state index contributed by atoms with van der Waals surface area (Å²) < 4.78 is 0. The first kappa shape index (κ1) is 12.2. The van der Waals surface area contributed by atoms with Crippen molar-refractivity contribution >= 4 is 11.5 Å². The number of rotatable bonds is 5. The second-order valence-corrected chi connectivity index (χ2v) is 4.76. The lowest BCUT2D eigenvalue weighted by molar-refractivity contribution is -0.120. The SMILES string of the molecule is CCN(CCC1CCCC1=O)c1ccccc1. The third kappa shape index (κ3) is 3.09. The van der Waals surface area contributed by atoms with Gasteiger partial charge in [-0.2, -0.15) is 0 Å². The molecule has 0 heterocycles. The fourth-order valence-corrected chi connectivity index (χ4v) is 2.61. The number of hydrogen-bond donors (Lipinski definition) is 0. The highest BCUT2D eigenvalue weighted by molar-refractivity contribution is 5.82. The van der Waals surface area contributed by atoms with E-state index in [0.29, 0.717) is 11.7 Å². The number of ketones is 1. The van der Waals surface area contributed by atoms with Crippen LogP contribution in [-0.2, 0) is 4.79 Å². The highest BCUT2D eigenvalue weighted by Gasteiger charge is 2.24. The van der Waals surface area contributed by atoms with E-state index in [0.717, 1.165) is 38.8 Å². The molecule has 1 aromatic carbocycles. The Bertz CT molecular complexity index is 360. The molecule has 17 heavy (non-hydrogen) atoms. The van der Waals surface area contributed by atoms with Gasteiger partial charge < -0.3 is 4.90 Å². The highest BCUT2D eigenvalue weighted by Crippen LogP contribution is 2.25. The summed E-state index contributed by atoms with van der Waals surface area (Å²) in [6.07, 6.45) is 4.02. The third-order valence-corrected chi connectivity index (χ3v) is 3.68. The number of para-hydroxylation sites is 1. The lowest BCUT2D eigenvalue weighted by Crippen LogP contribution is -2.26. The molecule has 1 aromatic rings. The van der Waals surface area contributed by atoms with Gasteiger partial charge in [0.1, 0.15) is 5.78 Å². The van der Waals surface area contributed by atoms with Crippen LogP contribution in [-0.4, -0.2) is 18.9 Å². The minimum absolute atomic E-state index is 0.327. The molecule has 1 fully saturated rings. The molecule has 1 unspecified atom stereocenters. The van der Waals surface area contributed by atoms with Gasteiger partial charge in [0.15, 0.2) is 0 Å². The minimum Gasteiger partial charge on any atom is -0.372 e. The lowest BCUT2D eigenvalue weighted by Gasteiger charge is -2.24. The van der Waals surface area contributed by atoms with Crippen molar-refractivity contribution in [3.63, 3.8) is 0 Å². The van der Waals surface area contributed by atoms with Crippen LogP contribution in [0, 0.1) is 5.92 Å². The summed E-state index contributed by atoms with van der Waals surface area (Å²) in [5, 5.41) is 0. The predicted molar refractivity (Wildman–Crippen MR) is 71.3 cm³/mol. The van der Waals surface area contributed by atoms with Crippen molar-refractivity contribution < 1.29 is 4.79 Å². The molecule has 2 nitrogen and oxygen atoms in total. The smallest absolute Gasteiger partial charge is 0.136 e. The van der Waals surface area contributed by atoms with Crippen LogP contribution in [0.5, 0.6) is 0 Å². The predicted octanol–water partition coefficient (Wildman–Crippen LogP) is 3.27. The van der Waals surface area contributed by atoms with Crippen molar-refractivity contribution in [3.05, 3.63) is 30.3 Å². The number of nitrogens with zero attached hydrogens (tertiary/aromatic N) is 1. The van der Waals surface area contributed by atoms with Crippen molar-refractivity contribution in [1.82, 2.24) is 0 Å². The molecule has 1 atom stereocenters. The largest absolute Gasteiger partial charge is 0.372 e. The highest BCUT2D eigenvalue weighted by atomic mass is 16.1. The van der Waals surface area contributed by atoms with E-state index in [1.807, 2.05) is 6.07 Å². The van der Waals surface area contributed by atoms with Crippen LogP contribution in [0.1, 0.15) is 32.6 Å². The molecule has 0 bridgehead atoms. The molecule has 0 aromatic heterocycles. The topological polar surface area (TPSA) is 20.3 Å². The number of carbonyl (C=O) groups excluding carboxylic acids is 1. The first-order valence-electron chi connectivity index (χ1n) is 6.64. The second kappa shape index (κ2) is 5.85. The quantitative estimate of drug-likeness (QED) is 0.775. The Kier molecular flexibility index (Phi) is 4.18. The van der Waals surface area contributed by atoms with E-state index < -0.39 is 0 Å². The van der Waals surface area contributed by atoms with E-state index in [1.54, 1.807) is 0 Å². The average molecular weight is 231 g/mol. The molecule has 2 heteroatoms. The maximum atomic E-state index is 11.6. The molecule has 2 rings (SSSR count). The van der Waals surface area contributed by atoms with Crippen LogP contribution in [0.2, 0.25) is 0 Å². The van der Waals surface area contributed by atoms with E-state index in [2.05, 4.69) is 36.1 Å². The fraction of sp³-hybridized carbons (Fsp3) is 0.533. The van der Waals surface area contributed by atoms with Crippen LogP contribution in [0.25, 0.3) is 0 Å². The van der Waals surface area contributed by atoms with Gasteiger partial charge in [-0.1, -0.05) is 18.2 Å². The number of Topliss-reactive ketones (excluding diaryl/α,β-unsaturated/α-hetero) is 1. The number of hydrogen-bond acceptors (Lipinski definition) is 2. The molecular weight excluding hydrogens is 210 g/mol. The normalized spacial score (nSPS) is 19.6. The summed E-state index contributed by atoms with van der Waals surface area (Å²) in [6.45, 7) is 4.17. The maximum absolute atomic E-state index is 11.6. The summed E-state index contributed by atoms with van der Waals surface area (Å²) in [4.78, 5) is 13.9. The zero-order chi connectivity index (χ0) is 12.1. The molecule has 0 amide bonds. The molecule has 0 saturated heterocycles. The van der Waals surface area contributed by atoms with Crippen LogP contribution in [0.4, 0.5) is 5.69 Å². The minimum atomic E-state index is 0.327. The van der Waals surface area contributed by atoms with E-state index in [-0.39, 0.29) is 0 Å². The second-order valence-electron chi connectivity index (χ2n) is 4.76. The third-order valence-electron chi connectivity index (χ3n) is 3.68. The van der Waals surface area contributed by atoms with Gasteiger partial charge >= 0.3 is 0 Å². The van der Waals surface area contributed by atoms with Crippen molar-refractivity contribution in [2.45, 2.75) is 32.6 Å². The van der Waals surface area contributed by atoms with Crippen molar-refractivity contribution in [2.75, 3.05) is 18.0 Å². The summed E-state index contributed by atoms with van der Waals surface area (Å²) >= 11 is 0. The van der Waals surface area contributed by atoms with Crippen LogP contribution in [0.3, 0.4) is 0 Å². The summed E-state index contributed by atoms with van der Waals surface area (Å²) in [5.74, 6) is 0.807. The maximum Gasteiger partial charge on any atom is 0.136 e. The standard InChI is InChI=1S/C15H21NO/c1-2-16(14-8-4-3-5-9-14)12-11-13-7-6-10-15(13)17/h3-5,8-9,13H,2,6-7,10-12H2,1H3. The summed E-state index contributed by atoms with van der Waals surface area (Å²) in [7, 11) is 0. The fourth-order valence-electron chi connectivity index (χ4n) is 2.61. The lowest BCUT2D eigenvalue weighted by atomic mass is 10.0. The van der Waals surface area contributed by atoms with Gasteiger partial charge in [0.2, 0.25) is 0 Å². The zero-order valence-corrected chi connectivity index (χ0v) is 10.6. The van der Waals surface area contributed by atoms with Crippen molar-refractivity contribution in [3.8, 4) is 0 Å². The van der Waals surface area contributed by atoms with E-state index >= 15 is 0 Å². The van der Waals surface area contributed by atoms with E-state index in [9.17, 15) is 4.79 Å². The summed E-state index contributed by atoms with van der Waals surface area (Å²) in [5.41, 5.74) is 1.26. The van der Waals surface area contributed by atoms with Crippen LogP contribution in [0.15, 0.2) is 30.3 Å². The van der Waals surface area contributed by atoms with Gasteiger partial charge in [0, 0.05) is 31.1 Å². The summed E-state index contributed by atoms with van der Waals surface area (Å²) in [6, 6.07) is 10.5.